The van der Waals surface area contributed by atoms with Crippen LogP contribution in [0.15, 0.2) is 36.4 Å². The van der Waals surface area contributed by atoms with Gasteiger partial charge in [0.1, 0.15) is 5.82 Å². The van der Waals surface area contributed by atoms with Crippen LogP contribution in [0.3, 0.4) is 0 Å². The standard InChI is InChI=1S/C14H13ClFN3O/c1-8-2-4-11(16)13(6-8)18-14(20)10-7-9(15)3-5-12(10)19-17/h2-7,19H,17H2,1H3,(H,18,20). The molecule has 2 aromatic carbocycles. The fraction of sp³-hybridized carbons (Fsp3) is 0.0714. The molecule has 6 heteroatoms. The lowest BCUT2D eigenvalue weighted by Crippen LogP contribution is -2.17. The van der Waals surface area contributed by atoms with Crippen molar-refractivity contribution in [2.24, 2.45) is 5.84 Å². The van der Waals surface area contributed by atoms with Gasteiger partial charge < -0.3 is 10.7 Å². The van der Waals surface area contributed by atoms with Crippen molar-refractivity contribution in [3.05, 3.63) is 58.4 Å². The highest BCUT2D eigenvalue weighted by atomic mass is 35.5. The highest BCUT2D eigenvalue weighted by Gasteiger charge is 2.14. The molecule has 0 saturated carbocycles. The van der Waals surface area contributed by atoms with E-state index in [0.717, 1.165) is 5.56 Å². The molecule has 20 heavy (non-hydrogen) atoms. The number of hydrogen-bond donors (Lipinski definition) is 3. The summed E-state index contributed by atoms with van der Waals surface area (Å²) in [7, 11) is 0. The van der Waals surface area contributed by atoms with Crippen LogP contribution in [-0.2, 0) is 0 Å². The molecular formula is C14H13ClFN3O. The van der Waals surface area contributed by atoms with Gasteiger partial charge in [0.15, 0.2) is 0 Å². The van der Waals surface area contributed by atoms with Crippen molar-refractivity contribution in [3.8, 4) is 0 Å². The van der Waals surface area contributed by atoms with E-state index in [0.29, 0.717) is 10.7 Å². The third-order valence-electron chi connectivity index (χ3n) is 2.75. The summed E-state index contributed by atoms with van der Waals surface area (Å²) >= 11 is 5.85. The van der Waals surface area contributed by atoms with Gasteiger partial charge >= 0.3 is 0 Å². The van der Waals surface area contributed by atoms with E-state index in [4.69, 9.17) is 17.4 Å². The number of halogens is 2. The molecule has 0 aliphatic rings. The van der Waals surface area contributed by atoms with Crippen LogP contribution in [-0.4, -0.2) is 5.91 Å². The van der Waals surface area contributed by atoms with E-state index in [1.54, 1.807) is 31.2 Å². The van der Waals surface area contributed by atoms with Crippen molar-refractivity contribution in [3.63, 3.8) is 0 Å². The summed E-state index contributed by atoms with van der Waals surface area (Å²) in [6.07, 6.45) is 0. The molecule has 0 aromatic heterocycles. The maximum atomic E-state index is 13.6. The number of hydrogen-bond acceptors (Lipinski definition) is 3. The van der Waals surface area contributed by atoms with Gasteiger partial charge in [-0.1, -0.05) is 17.7 Å². The number of nitrogens with two attached hydrogens (primary N) is 1. The molecule has 0 aliphatic heterocycles. The second kappa shape index (κ2) is 5.90. The Morgan fingerprint density at radius 2 is 1.95 bits per heavy atom. The number of carbonyl (C=O) groups excluding carboxylic acids is 1. The summed E-state index contributed by atoms with van der Waals surface area (Å²) in [5.41, 5.74) is 3.99. The topological polar surface area (TPSA) is 67.2 Å². The molecule has 0 saturated heterocycles. The second-order valence-electron chi connectivity index (χ2n) is 4.27. The lowest BCUT2D eigenvalue weighted by Gasteiger charge is -2.11. The molecule has 0 unspecified atom stereocenters. The number of carbonyl (C=O) groups is 1. The number of rotatable bonds is 3. The number of nitrogens with one attached hydrogen (secondary N) is 2. The molecule has 4 N–H and O–H groups in total. The first-order chi connectivity index (χ1) is 9.51. The first-order valence-corrected chi connectivity index (χ1v) is 6.22. The SMILES string of the molecule is Cc1ccc(F)c(NC(=O)c2cc(Cl)ccc2NN)c1. The average molecular weight is 294 g/mol. The Morgan fingerprint density at radius 3 is 2.65 bits per heavy atom. The number of hydrazine groups is 1. The molecule has 0 bridgehead atoms. The second-order valence-corrected chi connectivity index (χ2v) is 4.71. The minimum atomic E-state index is -0.506. The quantitative estimate of drug-likeness (QED) is 0.601. The summed E-state index contributed by atoms with van der Waals surface area (Å²) in [5, 5.41) is 2.89. The highest BCUT2D eigenvalue weighted by molar-refractivity contribution is 6.31. The number of nitrogen functional groups attached to an aromatic ring is 1. The van der Waals surface area contributed by atoms with Crippen LogP contribution in [0.1, 0.15) is 15.9 Å². The van der Waals surface area contributed by atoms with Gasteiger partial charge in [0.05, 0.1) is 16.9 Å². The molecule has 0 atom stereocenters. The van der Waals surface area contributed by atoms with Gasteiger partial charge in [-0.25, -0.2) is 4.39 Å². The van der Waals surface area contributed by atoms with Crippen LogP contribution < -0.4 is 16.6 Å². The fourth-order valence-electron chi connectivity index (χ4n) is 1.75. The van der Waals surface area contributed by atoms with E-state index in [1.165, 1.54) is 12.1 Å². The lowest BCUT2D eigenvalue weighted by atomic mass is 10.1. The van der Waals surface area contributed by atoms with Crippen LogP contribution in [0.4, 0.5) is 15.8 Å². The summed E-state index contributed by atoms with van der Waals surface area (Å²) in [6, 6.07) is 9.10. The fourth-order valence-corrected chi connectivity index (χ4v) is 1.93. The van der Waals surface area contributed by atoms with Gasteiger partial charge in [-0.05, 0) is 42.8 Å². The van der Waals surface area contributed by atoms with E-state index in [2.05, 4.69) is 10.7 Å². The first kappa shape index (κ1) is 14.3. The predicted octanol–water partition coefficient (Wildman–Crippen LogP) is 3.33. The molecule has 1 amide bonds. The Kier molecular flexibility index (Phi) is 4.22. The van der Waals surface area contributed by atoms with E-state index in [-0.39, 0.29) is 11.3 Å². The molecule has 2 rings (SSSR count). The van der Waals surface area contributed by atoms with Crippen LogP contribution in [0, 0.1) is 12.7 Å². The molecule has 2 aromatic rings. The van der Waals surface area contributed by atoms with Crippen molar-refractivity contribution >= 4 is 28.9 Å². The molecule has 0 heterocycles. The minimum Gasteiger partial charge on any atom is -0.323 e. The van der Waals surface area contributed by atoms with Crippen LogP contribution in [0.2, 0.25) is 5.02 Å². The molecule has 0 fully saturated rings. The molecular weight excluding hydrogens is 281 g/mol. The van der Waals surface area contributed by atoms with Crippen LogP contribution in [0.25, 0.3) is 0 Å². The van der Waals surface area contributed by atoms with E-state index >= 15 is 0 Å². The molecule has 0 aliphatic carbocycles. The van der Waals surface area contributed by atoms with Crippen LogP contribution in [0.5, 0.6) is 0 Å². The Labute approximate surface area is 120 Å². The Morgan fingerprint density at radius 1 is 1.20 bits per heavy atom. The zero-order valence-corrected chi connectivity index (χ0v) is 11.5. The summed E-state index contributed by atoms with van der Waals surface area (Å²) in [5.74, 6) is 4.34. The van der Waals surface area contributed by atoms with Gasteiger partial charge in [0.25, 0.3) is 5.91 Å². The maximum absolute atomic E-state index is 13.6. The van der Waals surface area contributed by atoms with E-state index in [9.17, 15) is 9.18 Å². The third kappa shape index (κ3) is 3.07. The largest absolute Gasteiger partial charge is 0.323 e. The molecule has 0 spiro atoms. The van der Waals surface area contributed by atoms with Crippen molar-refractivity contribution in [2.45, 2.75) is 6.92 Å². The first-order valence-electron chi connectivity index (χ1n) is 5.85. The molecule has 0 radical (unpaired) electrons. The summed E-state index contributed by atoms with van der Waals surface area (Å²) in [6.45, 7) is 1.81. The van der Waals surface area contributed by atoms with Crippen molar-refractivity contribution in [1.29, 1.82) is 0 Å². The normalized spacial score (nSPS) is 10.2. The number of anilines is 2. The summed E-state index contributed by atoms with van der Waals surface area (Å²) in [4.78, 5) is 12.2. The number of benzene rings is 2. The zero-order valence-electron chi connectivity index (χ0n) is 10.7. The Hall–Kier alpha value is -2.11. The average Bonchev–Trinajstić information content (AvgIpc) is 2.42. The third-order valence-corrected chi connectivity index (χ3v) is 2.99. The summed E-state index contributed by atoms with van der Waals surface area (Å²) < 4.78 is 13.6. The van der Waals surface area contributed by atoms with Gasteiger partial charge in [-0.3, -0.25) is 10.6 Å². The molecule has 104 valence electrons. The van der Waals surface area contributed by atoms with Gasteiger partial charge in [-0.2, -0.15) is 0 Å². The van der Waals surface area contributed by atoms with Gasteiger partial charge in [-0.15, -0.1) is 0 Å². The highest BCUT2D eigenvalue weighted by Crippen LogP contribution is 2.22. The van der Waals surface area contributed by atoms with Gasteiger partial charge in [0, 0.05) is 5.02 Å². The Balaban J connectivity index is 2.32. The van der Waals surface area contributed by atoms with E-state index < -0.39 is 11.7 Å². The van der Waals surface area contributed by atoms with Crippen LogP contribution >= 0.6 is 11.6 Å². The Bertz CT molecular complexity index is 661. The maximum Gasteiger partial charge on any atom is 0.257 e. The smallest absolute Gasteiger partial charge is 0.257 e. The van der Waals surface area contributed by atoms with Crippen molar-refractivity contribution < 1.29 is 9.18 Å². The minimum absolute atomic E-state index is 0.109. The number of aryl methyl sites for hydroxylation is 1. The lowest BCUT2D eigenvalue weighted by molar-refractivity contribution is 0.102. The van der Waals surface area contributed by atoms with Crippen molar-refractivity contribution in [1.82, 2.24) is 0 Å². The predicted molar refractivity (Wildman–Crippen MR) is 78.4 cm³/mol. The van der Waals surface area contributed by atoms with Crippen molar-refractivity contribution in [2.75, 3.05) is 10.7 Å². The van der Waals surface area contributed by atoms with Gasteiger partial charge in [0.2, 0.25) is 0 Å². The monoisotopic (exact) mass is 293 g/mol. The molecule has 4 nitrogen and oxygen atoms in total. The zero-order chi connectivity index (χ0) is 14.7. The van der Waals surface area contributed by atoms with E-state index in [1.807, 2.05) is 0 Å². The number of amides is 1.